The Hall–Kier alpha value is -0.860. The average Bonchev–Trinajstić information content (AvgIpc) is 3.56. The molecule has 6 aliphatic rings. The molecule has 6 saturated carbocycles. The summed E-state index contributed by atoms with van der Waals surface area (Å²) in [5.41, 5.74) is 0.314. The number of hydrogen-bond acceptors (Lipinski definition) is 3. The van der Waals surface area contributed by atoms with Crippen LogP contribution in [0.15, 0.2) is 0 Å². The van der Waals surface area contributed by atoms with Gasteiger partial charge >= 0.3 is 5.97 Å². The van der Waals surface area contributed by atoms with Crippen molar-refractivity contribution in [3.05, 3.63) is 0 Å². The number of fused-ring (bicyclic) bond motifs is 6. The topological polar surface area (TPSA) is 43.4 Å². The van der Waals surface area contributed by atoms with Crippen molar-refractivity contribution in [3.63, 3.8) is 0 Å². The predicted octanol–water partition coefficient (Wildman–Crippen LogP) is 5.66. The summed E-state index contributed by atoms with van der Waals surface area (Å²) in [6.45, 7) is 13.3. The fourth-order valence-corrected chi connectivity index (χ4v) is 9.93. The first-order valence-corrected chi connectivity index (χ1v) is 12.7. The molecule has 0 heterocycles. The molecule has 0 radical (unpaired) electrons. The van der Waals surface area contributed by atoms with E-state index >= 15 is 0 Å². The molecule has 6 fully saturated rings. The van der Waals surface area contributed by atoms with Gasteiger partial charge in [-0.05, 0) is 112 Å². The minimum Gasteiger partial charge on any atom is -0.462 e. The molecule has 0 bridgehead atoms. The number of carbonyl (C=O) groups is 2. The highest BCUT2D eigenvalue weighted by Gasteiger charge is 2.79. The normalized spacial score (nSPS) is 58.0. The molecule has 0 aliphatic heterocycles. The summed E-state index contributed by atoms with van der Waals surface area (Å²) in [4.78, 5) is 25.7. The molecule has 0 aromatic heterocycles. The van der Waals surface area contributed by atoms with Crippen LogP contribution in [-0.4, -0.2) is 17.9 Å². The number of Topliss-reactive ketones (excluding diaryl/α,β-unsaturated/α-hetero) is 1. The van der Waals surface area contributed by atoms with Crippen molar-refractivity contribution in [2.45, 2.75) is 92.6 Å². The number of carbonyl (C=O) groups excluding carboxylic acids is 2. The van der Waals surface area contributed by atoms with Crippen LogP contribution in [0.1, 0.15) is 86.5 Å². The van der Waals surface area contributed by atoms with Crippen molar-refractivity contribution >= 4 is 11.8 Å². The van der Waals surface area contributed by atoms with Crippen LogP contribution in [0.25, 0.3) is 0 Å². The van der Waals surface area contributed by atoms with E-state index in [9.17, 15) is 9.59 Å². The molecular weight excluding hydrogens is 372 g/mol. The van der Waals surface area contributed by atoms with Gasteiger partial charge in [0.15, 0.2) is 0 Å². The molecule has 166 valence electrons. The molecule has 0 N–H and O–H groups in total. The summed E-state index contributed by atoms with van der Waals surface area (Å²) in [6.07, 6.45) is 8.28. The number of ketones is 1. The van der Waals surface area contributed by atoms with Gasteiger partial charge in [0.1, 0.15) is 11.9 Å². The van der Waals surface area contributed by atoms with Crippen LogP contribution in [0.2, 0.25) is 0 Å². The quantitative estimate of drug-likeness (QED) is 0.522. The predicted molar refractivity (Wildman–Crippen MR) is 115 cm³/mol. The lowest BCUT2D eigenvalue weighted by molar-refractivity contribution is -0.179. The van der Waals surface area contributed by atoms with E-state index < -0.39 is 5.41 Å². The van der Waals surface area contributed by atoms with E-state index in [1.54, 1.807) is 0 Å². The molecule has 6 rings (SSSR count). The molecular formula is C27H40O3. The summed E-state index contributed by atoms with van der Waals surface area (Å²) >= 11 is 0. The zero-order valence-corrected chi connectivity index (χ0v) is 19.8. The lowest BCUT2D eigenvalue weighted by Crippen LogP contribution is -2.58. The van der Waals surface area contributed by atoms with Crippen LogP contribution < -0.4 is 0 Å². The zero-order chi connectivity index (χ0) is 21.4. The number of esters is 1. The van der Waals surface area contributed by atoms with Gasteiger partial charge in [0, 0.05) is 11.3 Å². The summed E-state index contributed by atoms with van der Waals surface area (Å²) in [5, 5.41) is 0. The number of hydrogen-bond donors (Lipinski definition) is 0. The third-order valence-electron chi connectivity index (χ3n) is 11.6. The van der Waals surface area contributed by atoms with Crippen molar-refractivity contribution < 1.29 is 14.3 Å². The summed E-state index contributed by atoms with van der Waals surface area (Å²) in [6, 6.07) is 0. The highest BCUT2D eigenvalue weighted by molar-refractivity contribution is 5.92. The molecule has 30 heavy (non-hydrogen) atoms. The van der Waals surface area contributed by atoms with Gasteiger partial charge < -0.3 is 4.74 Å². The van der Waals surface area contributed by atoms with E-state index in [0.717, 1.165) is 42.9 Å². The van der Waals surface area contributed by atoms with Crippen molar-refractivity contribution in [2.75, 3.05) is 0 Å². The van der Waals surface area contributed by atoms with Gasteiger partial charge in [-0.15, -0.1) is 0 Å². The Labute approximate surface area is 182 Å². The zero-order valence-electron chi connectivity index (χ0n) is 19.8. The maximum Gasteiger partial charge on any atom is 0.311 e. The van der Waals surface area contributed by atoms with Crippen LogP contribution in [0.4, 0.5) is 0 Å². The van der Waals surface area contributed by atoms with Gasteiger partial charge in [0.05, 0.1) is 5.41 Å². The fourth-order valence-electron chi connectivity index (χ4n) is 9.93. The van der Waals surface area contributed by atoms with E-state index in [4.69, 9.17) is 4.74 Å². The van der Waals surface area contributed by atoms with Crippen LogP contribution in [0.3, 0.4) is 0 Å². The Morgan fingerprint density at radius 2 is 1.80 bits per heavy atom. The first kappa shape index (κ1) is 19.8. The van der Waals surface area contributed by atoms with Gasteiger partial charge in [0.2, 0.25) is 0 Å². The van der Waals surface area contributed by atoms with E-state index in [1.165, 1.54) is 25.7 Å². The van der Waals surface area contributed by atoms with Crippen LogP contribution in [-0.2, 0) is 14.3 Å². The Kier molecular flexibility index (Phi) is 3.66. The first-order valence-electron chi connectivity index (χ1n) is 12.7. The fraction of sp³-hybridized carbons (Fsp3) is 0.926. The Morgan fingerprint density at radius 1 is 1.07 bits per heavy atom. The summed E-state index contributed by atoms with van der Waals surface area (Å²) in [5.74, 6) is 5.35. The molecule has 3 heteroatoms. The minimum atomic E-state index is -0.421. The monoisotopic (exact) mass is 412 g/mol. The SMILES string of the molecule is C[C@H]1C2C3[C@@H]4C[C@@H]4C(=O)[C@@]3(C)CCC2[C@@]2(C)CC[C@H](OC(=O)C(C)(C)C)C[C@]23C[C@H]13. The van der Waals surface area contributed by atoms with E-state index in [0.29, 0.717) is 34.4 Å². The lowest BCUT2D eigenvalue weighted by Gasteiger charge is -2.62. The molecule has 0 saturated heterocycles. The molecule has 0 aromatic rings. The maximum atomic E-state index is 13.1. The molecule has 3 nitrogen and oxygen atoms in total. The lowest BCUT2D eigenvalue weighted by atomic mass is 9.42. The highest BCUT2D eigenvalue weighted by Crippen LogP contribution is 2.83. The van der Waals surface area contributed by atoms with E-state index in [2.05, 4.69) is 20.8 Å². The van der Waals surface area contributed by atoms with Gasteiger partial charge in [-0.3, -0.25) is 9.59 Å². The van der Waals surface area contributed by atoms with E-state index in [1.807, 2.05) is 20.8 Å². The second-order valence-corrected chi connectivity index (χ2v) is 13.8. The second kappa shape index (κ2) is 5.54. The Balaban J connectivity index is 1.29. The number of ether oxygens (including phenoxy) is 1. The smallest absolute Gasteiger partial charge is 0.311 e. The third-order valence-corrected chi connectivity index (χ3v) is 11.6. The minimum absolute atomic E-state index is 0.0201. The first-order chi connectivity index (χ1) is 13.9. The van der Waals surface area contributed by atoms with Gasteiger partial charge in [0.25, 0.3) is 0 Å². The van der Waals surface area contributed by atoms with Crippen molar-refractivity contribution in [2.24, 2.45) is 63.1 Å². The Morgan fingerprint density at radius 3 is 2.50 bits per heavy atom. The van der Waals surface area contributed by atoms with Crippen LogP contribution in [0, 0.1) is 63.1 Å². The van der Waals surface area contributed by atoms with Gasteiger partial charge in [-0.2, -0.15) is 0 Å². The van der Waals surface area contributed by atoms with Crippen LogP contribution in [0.5, 0.6) is 0 Å². The van der Waals surface area contributed by atoms with Gasteiger partial charge in [-0.25, -0.2) is 0 Å². The molecule has 3 unspecified atom stereocenters. The molecule has 1 spiro atoms. The molecule has 11 atom stereocenters. The summed E-state index contributed by atoms with van der Waals surface area (Å²) < 4.78 is 6.05. The standard InChI is InChI=1S/C27H40O3/c1-14-19-13-27(19)12-15(30-23(29)24(2,3)4)7-10-26(27,6)18-8-9-25(5)21(20(14)18)16-11-17(16)22(25)28/h14-21H,7-13H2,1-6H3/t14-,15+,16-,17+,18?,19-,20?,21?,25+,26-,27-/m1/s1. The molecule has 0 aromatic carbocycles. The van der Waals surface area contributed by atoms with Crippen molar-refractivity contribution in [1.82, 2.24) is 0 Å². The second-order valence-electron chi connectivity index (χ2n) is 13.8. The van der Waals surface area contributed by atoms with Crippen molar-refractivity contribution in [3.8, 4) is 0 Å². The highest BCUT2D eigenvalue weighted by atomic mass is 16.5. The maximum absolute atomic E-state index is 13.1. The molecule has 0 amide bonds. The third kappa shape index (κ3) is 2.18. The Bertz CT molecular complexity index is 824. The van der Waals surface area contributed by atoms with Crippen molar-refractivity contribution in [1.29, 1.82) is 0 Å². The van der Waals surface area contributed by atoms with E-state index in [-0.39, 0.29) is 17.5 Å². The van der Waals surface area contributed by atoms with Gasteiger partial charge in [-0.1, -0.05) is 20.8 Å². The average molecular weight is 413 g/mol. The number of rotatable bonds is 1. The summed E-state index contributed by atoms with van der Waals surface area (Å²) in [7, 11) is 0. The van der Waals surface area contributed by atoms with Crippen LogP contribution >= 0.6 is 0 Å². The largest absolute Gasteiger partial charge is 0.462 e. The molecule has 6 aliphatic carbocycles.